The highest BCUT2D eigenvalue weighted by molar-refractivity contribution is 7.93. The van der Waals surface area contributed by atoms with Gasteiger partial charge >= 0.3 is 0 Å². The maximum atomic E-state index is 14.9. The number of aromatic nitrogens is 1. The number of nitrogens with one attached hydrogen (secondary N) is 2. The normalized spacial score (nSPS) is 25.4. The zero-order valence-electron chi connectivity index (χ0n) is 18.0. The summed E-state index contributed by atoms with van der Waals surface area (Å²) in [6.45, 7) is 0.868. The summed E-state index contributed by atoms with van der Waals surface area (Å²) in [6, 6.07) is 4.18. The fourth-order valence-electron chi connectivity index (χ4n) is 4.63. The van der Waals surface area contributed by atoms with Gasteiger partial charge in [-0.2, -0.15) is 5.26 Å². The molecule has 4 atom stereocenters. The predicted molar refractivity (Wildman–Crippen MR) is 125 cm³/mol. The van der Waals surface area contributed by atoms with Gasteiger partial charge < -0.3 is 10.1 Å². The van der Waals surface area contributed by atoms with Gasteiger partial charge in [0.25, 0.3) is 16.5 Å². The van der Waals surface area contributed by atoms with Crippen LogP contribution in [0.3, 0.4) is 0 Å². The van der Waals surface area contributed by atoms with Crippen LogP contribution in [0.5, 0.6) is 0 Å². The Morgan fingerprint density at radius 2 is 2.15 bits per heavy atom. The minimum absolute atomic E-state index is 0.0576. The van der Waals surface area contributed by atoms with Crippen LogP contribution in [0.1, 0.15) is 32.1 Å². The molecule has 9 nitrogen and oxygen atoms in total. The van der Waals surface area contributed by atoms with E-state index in [4.69, 9.17) is 16.3 Å². The average molecular weight is 528 g/mol. The molecule has 13 heteroatoms. The van der Waals surface area contributed by atoms with Crippen LogP contribution in [0.4, 0.5) is 15.2 Å². The van der Waals surface area contributed by atoms with E-state index in [-0.39, 0.29) is 33.8 Å². The number of rotatable bonds is 8. The number of sulfonamides is 1. The molecule has 0 bridgehead atoms. The first-order valence-corrected chi connectivity index (χ1v) is 13.5. The van der Waals surface area contributed by atoms with Crippen molar-refractivity contribution >= 4 is 50.3 Å². The summed E-state index contributed by atoms with van der Waals surface area (Å²) in [5, 5.41) is 14.4. The van der Waals surface area contributed by atoms with Gasteiger partial charge in [-0.25, -0.2) is 17.8 Å². The van der Waals surface area contributed by atoms with Crippen molar-refractivity contribution < 1.29 is 22.3 Å². The molecule has 1 unspecified atom stereocenters. The molecule has 2 fully saturated rings. The number of likely N-dealkylation sites (tertiary alicyclic amines) is 1. The van der Waals surface area contributed by atoms with Gasteiger partial charge in [-0.05, 0) is 25.0 Å². The largest absolute Gasteiger partial charge is 0.448 e. The topological polar surface area (TPSA) is 124 Å². The Morgan fingerprint density at radius 3 is 2.85 bits per heavy atom. The Hall–Kier alpha value is -2.46. The summed E-state index contributed by atoms with van der Waals surface area (Å²) in [4.78, 5) is 16.3. The fraction of sp³-hybridized carbons (Fsp3) is 0.476. The molecule has 0 amide bonds. The van der Waals surface area contributed by atoms with Crippen molar-refractivity contribution in [2.45, 2.75) is 55.3 Å². The zero-order chi connectivity index (χ0) is 24.3. The summed E-state index contributed by atoms with van der Waals surface area (Å²) in [5.74, 6) is -1.19. The third kappa shape index (κ3) is 5.27. The molecule has 1 aliphatic heterocycles. The molecule has 2 aliphatic rings. The van der Waals surface area contributed by atoms with E-state index in [2.05, 4.69) is 21.1 Å². The number of thiazole rings is 1. The van der Waals surface area contributed by atoms with E-state index in [0.717, 1.165) is 49.2 Å². The molecule has 2 aromatic rings. The second-order valence-electron chi connectivity index (χ2n) is 8.25. The number of nitrogens with zero attached hydrogens (tertiary/aromatic N) is 3. The second-order valence-corrected chi connectivity index (χ2v) is 11.2. The molecular formula is C21H23ClFN5O4S2. The number of halogens is 2. The lowest BCUT2D eigenvalue weighted by atomic mass is 9.89. The number of hydrogen-bond donors (Lipinski definition) is 2. The van der Waals surface area contributed by atoms with Crippen molar-refractivity contribution in [1.82, 2.24) is 9.88 Å². The average Bonchev–Trinajstić information content (AvgIpc) is 3.46. The Kier molecular flexibility index (Phi) is 7.57. The number of carbonyl (C=O) groups is 1. The summed E-state index contributed by atoms with van der Waals surface area (Å²) >= 11 is 7.45. The van der Waals surface area contributed by atoms with Crippen LogP contribution < -0.4 is 10.0 Å². The van der Waals surface area contributed by atoms with Gasteiger partial charge in [0.2, 0.25) is 0 Å². The maximum Gasteiger partial charge on any atom is 0.294 e. The third-order valence-electron chi connectivity index (χ3n) is 6.14. The van der Waals surface area contributed by atoms with E-state index in [0.29, 0.717) is 19.4 Å². The van der Waals surface area contributed by atoms with Crippen molar-refractivity contribution in [2.75, 3.05) is 16.6 Å². The zero-order valence-corrected chi connectivity index (χ0v) is 20.4. The number of hydrogen-bond acceptors (Lipinski definition) is 9. The Labute approximate surface area is 205 Å². The molecular weight excluding hydrogens is 505 g/mol. The minimum atomic E-state index is -4.21. The molecule has 34 heavy (non-hydrogen) atoms. The van der Waals surface area contributed by atoms with E-state index in [1.807, 2.05) is 4.90 Å². The van der Waals surface area contributed by atoms with Crippen molar-refractivity contribution in [3.05, 3.63) is 34.5 Å². The third-order valence-corrected chi connectivity index (χ3v) is 8.63. The fourth-order valence-corrected chi connectivity index (χ4v) is 6.79. The van der Waals surface area contributed by atoms with Crippen LogP contribution in [0, 0.1) is 23.1 Å². The van der Waals surface area contributed by atoms with Crippen LogP contribution in [0.2, 0.25) is 5.02 Å². The summed E-state index contributed by atoms with van der Waals surface area (Å²) in [6.07, 6.45) is 4.84. The predicted octanol–water partition coefficient (Wildman–Crippen LogP) is 3.80. The molecule has 1 aromatic heterocycles. The van der Waals surface area contributed by atoms with Crippen LogP contribution in [-0.2, 0) is 19.6 Å². The van der Waals surface area contributed by atoms with Gasteiger partial charge in [0.05, 0.1) is 22.7 Å². The highest BCUT2D eigenvalue weighted by Crippen LogP contribution is 2.36. The SMILES string of the molecule is N#C[C@H]1CC(OC=O)N([C@H]2CCCC[C@@H]2Nc2cc(F)c(S(=O)(=O)Nc3nccs3)cc2Cl)C1. The lowest BCUT2D eigenvalue weighted by molar-refractivity contribution is -0.143. The molecule has 0 spiro atoms. The standard InChI is InChI=1S/C21H23ClFN5O4S2/c22-14-8-19(34(30,31)27-21-25-5-6-33-21)15(23)9-17(14)26-16-3-1-2-4-18(16)28-11-13(10-24)7-20(28)32-12-29/h5-6,8-9,12-13,16,18,20,26H,1-4,7,11H2,(H,25,27)/t13-,16+,18+,20?/m1/s1. The minimum Gasteiger partial charge on any atom is -0.448 e. The Balaban J connectivity index is 1.55. The Bertz CT molecular complexity index is 1170. The molecule has 1 saturated heterocycles. The van der Waals surface area contributed by atoms with Gasteiger partial charge in [-0.15, -0.1) is 11.3 Å². The van der Waals surface area contributed by atoms with E-state index in [1.165, 1.54) is 6.20 Å². The number of ether oxygens (including phenoxy) is 1. The lowest BCUT2D eigenvalue weighted by Crippen LogP contribution is -2.51. The molecule has 182 valence electrons. The molecule has 0 radical (unpaired) electrons. The summed E-state index contributed by atoms with van der Waals surface area (Å²) in [5.41, 5.74) is 0.271. The summed E-state index contributed by atoms with van der Waals surface area (Å²) in [7, 11) is -4.21. The number of nitriles is 1. The Morgan fingerprint density at radius 1 is 1.35 bits per heavy atom. The highest BCUT2D eigenvalue weighted by atomic mass is 35.5. The van der Waals surface area contributed by atoms with Gasteiger partial charge in [0, 0.05) is 36.6 Å². The van der Waals surface area contributed by atoms with Crippen LogP contribution in [0.25, 0.3) is 0 Å². The number of carbonyl (C=O) groups excluding carboxylic acids is 1. The van der Waals surface area contributed by atoms with Crippen LogP contribution in [-0.4, -0.2) is 49.6 Å². The second kappa shape index (κ2) is 10.4. The van der Waals surface area contributed by atoms with Crippen molar-refractivity contribution in [1.29, 1.82) is 5.26 Å². The summed E-state index contributed by atoms with van der Waals surface area (Å²) < 4.78 is 47.6. The maximum absolute atomic E-state index is 14.9. The van der Waals surface area contributed by atoms with Crippen molar-refractivity contribution in [2.24, 2.45) is 5.92 Å². The number of anilines is 2. The molecule has 2 N–H and O–H groups in total. The van der Waals surface area contributed by atoms with Crippen molar-refractivity contribution in [3.63, 3.8) is 0 Å². The lowest BCUT2D eigenvalue weighted by Gasteiger charge is -2.40. The van der Waals surface area contributed by atoms with E-state index < -0.39 is 27.0 Å². The quantitative estimate of drug-likeness (QED) is 0.497. The molecule has 1 aromatic carbocycles. The molecule has 2 heterocycles. The van der Waals surface area contributed by atoms with Gasteiger partial charge in [0.15, 0.2) is 11.4 Å². The first kappa shape index (κ1) is 24.7. The van der Waals surface area contributed by atoms with Gasteiger partial charge in [-0.1, -0.05) is 24.4 Å². The van der Waals surface area contributed by atoms with E-state index >= 15 is 0 Å². The van der Waals surface area contributed by atoms with Crippen LogP contribution >= 0.6 is 22.9 Å². The van der Waals surface area contributed by atoms with E-state index in [9.17, 15) is 22.9 Å². The van der Waals surface area contributed by atoms with E-state index in [1.54, 1.807) is 5.38 Å². The monoisotopic (exact) mass is 527 g/mol. The van der Waals surface area contributed by atoms with Crippen LogP contribution in [0.15, 0.2) is 28.6 Å². The van der Waals surface area contributed by atoms with Crippen molar-refractivity contribution in [3.8, 4) is 6.07 Å². The highest BCUT2D eigenvalue weighted by Gasteiger charge is 2.41. The first-order chi connectivity index (χ1) is 16.3. The molecule has 1 saturated carbocycles. The van der Waals surface area contributed by atoms with Gasteiger partial charge in [0.1, 0.15) is 10.7 Å². The smallest absolute Gasteiger partial charge is 0.294 e. The molecule has 1 aliphatic carbocycles. The first-order valence-electron chi connectivity index (χ1n) is 10.7. The molecule has 4 rings (SSSR count). The number of benzene rings is 1. The van der Waals surface area contributed by atoms with Gasteiger partial charge in [-0.3, -0.25) is 14.4 Å².